The highest BCUT2D eigenvalue weighted by atomic mass is 16.7. The first-order valence-corrected chi connectivity index (χ1v) is 10.1. The molecule has 0 aromatic heterocycles. The number of nitrogens with one attached hydrogen (secondary N) is 1. The topological polar surface area (TPSA) is 71.1 Å². The van der Waals surface area contributed by atoms with E-state index in [0.29, 0.717) is 25.9 Å². The number of carbonyl (C=O) groups excluding carboxylic acids is 2. The van der Waals surface area contributed by atoms with Crippen molar-refractivity contribution < 1.29 is 19.2 Å². The largest absolute Gasteiger partial charge is 0.428 e. The summed E-state index contributed by atoms with van der Waals surface area (Å²) in [7, 11) is 1.60. The van der Waals surface area contributed by atoms with E-state index in [4.69, 9.17) is 9.57 Å². The van der Waals surface area contributed by atoms with Crippen molar-refractivity contribution in [2.45, 2.75) is 75.9 Å². The number of hydrogen-bond acceptors (Lipinski definition) is 5. The lowest BCUT2D eigenvalue weighted by Crippen LogP contribution is -2.61. The Labute approximate surface area is 156 Å². The Balaban J connectivity index is 1.50. The van der Waals surface area contributed by atoms with Crippen LogP contribution < -0.4 is 5.32 Å². The molecule has 0 aromatic carbocycles. The summed E-state index contributed by atoms with van der Waals surface area (Å²) in [5, 5.41) is 4.85. The fourth-order valence-corrected chi connectivity index (χ4v) is 4.10. The quantitative estimate of drug-likeness (QED) is 0.826. The van der Waals surface area contributed by atoms with E-state index in [-0.39, 0.29) is 17.5 Å². The fraction of sp³-hybridized carbons (Fsp3) is 0.895. The Hall–Kier alpha value is -1.34. The van der Waals surface area contributed by atoms with Crippen LogP contribution in [0.3, 0.4) is 0 Å². The minimum Gasteiger partial charge on any atom is -0.368 e. The molecule has 0 aromatic rings. The highest BCUT2D eigenvalue weighted by Gasteiger charge is 2.46. The molecule has 0 unspecified atom stereocenters. The van der Waals surface area contributed by atoms with Crippen molar-refractivity contribution in [2.24, 2.45) is 0 Å². The summed E-state index contributed by atoms with van der Waals surface area (Å²) < 4.78 is 5.65. The third kappa shape index (κ3) is 4.31. The van der Waals surface area contributed by atoms with Gasteiger partial charge in [0.15, 0.2) is 0 Å². The van der Waals surface area contributed by atoms with E-state index < -0.39 is 5.60 Å². The molecule has 0 atom stereocenters. The van der Waals surface area contributed by atoms with Gasteiger partial charge >= 0.3 is 6.09 Å². The maximum absolute atomic E-state index is 12.8. The second-order valence-corrected chi connectivity index (χ2v) is 8.25. The van der Waals surface area contributed by atoms with E-state index in [1.165, 1.54) is 12.8 Å². The SMILES string of the molecule is COC1(C(=O)NC2(C)CCC2)CCN(OC(=O)N2CCCCCC2)CC1. The first kappa shape index (κ1) is 19.4. The summed E-state index contributed by atoms with van der Waals surface area (Å²) in [6.07, 6.45) is 8.45. The molecule has 2 aliphatic heterocycles. The molecule has 7 heteroatoms. The van der Waals surface area contributed by atoms with Crippen molar-refractivity contribution in [1.82, 2.24) is 15.3 Å². The highest BCUT2D eigenvalue weighted by Crippen LogP contribution is 2.34. The van der Waals surface area contributed by atoms with Gasteiger partial charge in [0, 0.05) is 51.7 Å². The zero-order valence-corrected chi connectivity index (χ0v) is 16.2. The zero-order valence-electron chi connectivity index (χ0n) is 16.2. The van der Waals surface area contributed by atoms with E-state index in [0.717, 1.165) is 45.2 Å². The van der Waals surface area contributed by atoms with Crippen LogP contribution in [0, 0.1) is 0 Å². The van der Waals surface area contributed by atoms with Gasteiger partial charge in [-0.1, -0.05) is 12.8 Å². The molecule has 2 heterocycles. The van der Waals surface area contributed by atoms with Crippen molar-refractivity contribution >= 4 is 12.0 Å². The smallest absolute Gasteiger partial charge is 0.368 e. The Morgan fingerprint density at radius 1 is 0.885 bits per heavy atom. The van der Waals surface area contributed by atoms with Crippen LogP contribution in [0.4, 0.5) is 4.79 Å². The molecule has 7 nitrogen and oxygen atoms in total. The van der Waals surface area contributed by atoms with E-state index in [1.807, 2.05) is 0 Å². The molecule has 2 saturated heterocycles. The van der Waals surface area contributed by atoms with Crippen LogP contribution in [0.15, 0.2) is 0 Å². The van der Waals surface area contributed by atoms with Gasteiger partial charge in [-0.25, -0.2) is 4.79 Å². The second-order valence-electron chi connectivity index (χ2n) is 8.25. The number of likely N-dealkylation sites (tertiary alicyclic amines) is 1. The Bertz CT molecular complexity index is 505. The molecule has 1 N–H and O–H groups in total. The lowest BCUT2D eigenvalue weighted by atomic mass is 9.77. The van der Waals surface area contributed by atoms with Gasteiger partial charge in [0.25, 0.3) is 5.91 Å². The molecule has 2 amide bonds. The highest BCUT2D eigenvalue weighted by molar-refractivity contribution is 5.86. The summed E-state index contributed by atoms with van der Waals surface area (Å²) >= 11 is 0. The summed E-state index contributed by atoms with van der Waals surface area (Å²) in [6.45, 7) is 4.66. The maximum Gasteiger partial charge on any atom is 0.428 e. The predicted octanol–water partition coefficient (Wildman–Crippen LogP) is 2.45. The van der Waals surface area contributed by atoms with E-state index >= 15 is 0 Å². The molecular weight excluding hydrogens is 334 g/mol. The Morgan fingerprint density at radius 2 is 1.50 bits per heavy atom. The number of carbonyl (C=O) groups is 2. The standard InChI is InChI=1S/C19H33N3O4/c1-18(8-7-9-18)20-16(23)19(25-2)10-14-22(15-11-19)26-17(24)21-12-5-3-4-6-13-21/h3-15H2,1-2H3,(H,20,23). The average Bonchev–Trinajstić information content (AvgIpc) is 2.90. The van der Waals surface area contributed by atoms with Crippen LogP contribution in [0.25, 0.3) is 0 Å². The average molecular weight is 367 g/mol. The van der Waals surface area contributed by atoms with Gasteiger partial charge in [-0.2, -0.15) is 0 Å². The van der Waals surface area contributed by atoms with E-state index in [1.54, 1.807) is 17.1 Å². The molecule has 1 aliphatic carbocycles. The molecule has 26 heavy (non-hydrogen) atoms. The number of ether oxygens (including phenoxy) is 1. The van der Waals surface area contributed by atoms with Crippen molar-refractivity contribution in [2.75, 3.05) is 33.3 Å². The van der Waals surface area contributed by atoms with Crippen LogP contribution >= 0.6 is 0 Å². The minimum absolute atomic E-state index is 0.0271. The third-order valence-electron chi connectivity index (χ3n) is 6.28. The predicted molar refractivity (Wildman–Crippen MR) is 97.5 cm³/mol. The molecule has 3 aliphatic rings. The van der Waals surface area contributed by atoms with Gasteiger partial charge in [-0.3, -0.25) is 4.79 Å². The van der Waals surface area contributed by atoms with Crippen molar-refractivity contribution in [3.63, 3.8) is 0 Å². The first-order chi connectivity index (χ1) is 12.5. The van der Waals surface area contributed by atoms with Crippen LogP contribution in [0.1, 0.15) is 64.7 Å². The zero-order chi connectivity index (χ0) is 18.6. The molecule has 3 rings (SSSR count). The van der Waals surface area contributed by atoms with Gasteiger partial charge in [-0.15, -0.1) is 5.06 Å². The van der Waals surface area contributed by atoms with Gasteiger partial charge in [-0.05, 0) is 39.0 Å². The Morgan fingerprint density at radius 3 is 2.00 bits per heavy atom. The number of hydrogen-bond donors (Lipinski definition) is 1. The molecular formula is C19H33N3O4. The summed E-state index contributed by atoms with van der Waals surface area (Å²) in [6, 6.07) is 0. The normalized spacial score (nSPS) is 25.7. The number of rotatable bonds is 4. The van der Waals surface area contributed by atoms with Crippen LogP contribution in [0.2, 0.25) is 0 Å². The van der Waals surface area contributed by atoms with E-state index in [2.05, 4.69) is 12.2 Å². The molecule has 0 bridgehead atoms. The summed E-state index contributed by atoms with van der Waals surface area (Å²) in [4.78, 5) is 32.5. The van der Waals surface area contributed by atoms with Gasteiger partial charge in [0.05, 0.1) is 0 Å². The third-order valence-corrected chi connectivity index (χ3v) is 6.28. The monoisotopic (exact) mass is 367 g/mol. The van der Waals surface area contributed by atoms with Gasteiger partial charge in [0.2, 0.25) is 0 Å². The molecule has 0 radical (unpaired) electrons. The number of hydroxylamine groups is 2. The summed E-state index contributed by atoms with van der Waals surface area (Å²) in [5.74, 6) is -0.0271. The first-order valence-electron chi connectivity index (χ1n) is 10.1. The molecule has 3 fully saturated rings. The number of piperidine rings is 1. The molecule has 148 valence electrons. The van der Waals surface area contributed by atoms with Crippen LogP contribution in [-0.4, -0.2) is 66.4 Å². The number of amides is 2. The maximum atomic E-state index is 12.8. The van der Waals surface area contributed by atoms with Crippen molar-refractivity contribution in [3.05, 3.63) is 0 Å². The fourth-order valence-electron chi connectivity index (χ4n) is 4.10. The molecule has 1 saturated carbocycles. The van der Waals surface area contributed by atoms with E-state index in [9.17, 15) is 9.59 Å². The second kappa shape index (κ2) is 8.13. The lowest BCUT2D eigenvalue weighted by molar-refractivity contribution is -0.177. The lowest BCUT2D eigenvalue weighted by Gasteiger charge is -2.44. The van der Waals surface area contributed by atoms with Crippen molar-refractivity contribution in [3.8, 4) is 0 Å². The Kier molecular flexibility index (Phi) is 6.07. The minimum atomic E-state index is -0.815. The number of methoxy groups -OCH3 is 1. The van der Waals surface area contributed by atoms with Crippen molar-refractivity contribution in [1.29, 1.82) is 0 Å². The van der Waals surface area contributed by atoms with Crippen LogP contribution in [0.5, 0.6) is 0 Å². The summed E-state index contributed by atoms with van der Waals surface area (Å²) in [5.41, 5.74) is -0.900. The molecule has 0 spiro atoms. The van der Waals surface area contributed by atoms with Gasteiger partial charge < -0.3 is 19.8 Å². The van der Waals surface area contributed by atoms with Gasteiger partial charge in [0.1, 0.15) is 5.60 Å². The number of nitrogens with zero attached hydrogens (tertiary/aromatic N) is 2. The van der Waals surface area contributed by atoms with Crippen LogP contribution in [-0.2, 0) is 14.4 Å².